The molecule has 0 radical (unpaired) electrons. The largest absolute Gasteiger partial charge is 0.480 e. The van der Waals surface area contributed by atoms with E-state index >= 15 is 0 Å². The Kier molecular flexibility index (Phi) is 11.3. The molecule has 0 aromatic heterocycles. The second kappa shape index (κ2) is 12.4. The van der Waals surface area contributed by atoms with Gasteiger partial charge in [-0.25, -0.2) is 0 Å². The normalized spacial score (nSPS) is 10.7. The Bertz CT molecular complexity index is 486. The first-order chi connectivity index (χ1) is 11.1. The first-order valence-corrected chi connectivity index (χ1v) is 8.20. The number of carboxylic acid groups (broad SMARTS) is 1. The van der Waals surface area contributed by atoms with E-state index in [2.05, 4.69) is 13.8 Å². The lowest BCUT2D eigenvalue weighted by molar-refractivity contribution is -0.138. The van der Waals surface area contributed by atoms with Gasteiger partial charge in [0.1, 0.15) is 6.04 Å². The van der Waals surface area contributed by atoms with Crippen LogP contribution in [0.4, 0.5) is 0 Å². The Hall–Kier alpha value is -2.13. The van der Waals surface area contributed by atoms with Gasteiger partial charge < -0.3 is 10.8 Å². The molecule has 0 aliphatic heterocycles. The molecule has 3 nitrogen and oxygen atoms in total. The van der Waals surface area contributed by atoms with Crippen molar-refractivity contribution in [1.82, 2.24) is 0 Å². The third kappa shape index (κ3) is 7.11. The van der Waals surface area contributed by atoms with Gasteiger partial charge in [0.25, 0.3) is 0 Å². The van der Waals surface area contributed by atoms with Crippen LogP contribution in [0, 0.1) is 0 Å². The summed E-state index contributed by atoms with van der Waals surface area (Å²) in [4.78, 5) is 11.2. The minimum atomic E-state index is -0.993. The lowest BCUT2D eigenvalue weighted by atomic mass is 9.85. The van der Waals surface area contributed by atoms with E-state index in [1.807, 2.05) is 74.5 Å². The minimum Gasteiger partial charge on any atom is -0.480 e. The third-order valence-electron chi connectivity index (χ3n) is 2.96. The Morgan fingerprint density at radius 1 is 0.913 bits per heavy atom. The molecule has 2 aromatic rings. The summed E-state index contributed by atoms with van der Waals surface area (Å²) in [6.45, 7) is 8.25. The van der Waals surface area contributed by atoms with Crippen LogP contribution < -0.4 is 5.73 Å². The number of benzene rings is 2. The van der Waals surface area contributed by atoms with Gasteiger partial charge in [0.05, 0.1) is 0 Å². The van der Waals surface area contributed by atoms with Gasteiger partial charge in [0.15, 0.2) is 0 Å². The highest BCUT2D eigenvalue weighted by atomic mass is 16.4. The van der Waals surface area contributed by atoms with E-state index in [0.717, 1.165) is 11.1 Å². The van der Waals surface area contributed by atoms with Crippen molar-refractivity contribution in [2.45, 2.75) is 46.1 Å². The Morgan fingerprint density at radius 3 is 1.48 bits per heavy atom. The monoisotopic (exact) mass is 315 g/mol. The van der Waals surface area contributed by atoms with Crippen molar-refractivity contribution in [2.24, 2.45) is 5.73 Å². The SMILES string of the molecule is CC.CCC.NC(C(=O)O)C(c1ccccc1)c1ccccc1. The molecule has 23 heavy (non-hydrogen) atoms. The van der Waals surface area contributed by atoms with Crippen LogP contribution in [-0.2, 0) is 4.79 Å². The molecule has 0 bridgehead atoms. The molecule has 0 saturated carbocycles. The van der Waals surface area contributed by atoms with Crippen LogP contribution in [0.15, 0.2) is 60.7 Å². The lowest BCUT2D eigenvalue weighted by Crippen LogP contribution is -2.37. The van der Waals surface area contributed by atoms with Crippen molar-refractivity contribution >= 4 is 5.97 Å². The standard InChI is InChI=1S/C15H15NO2.C3H8.C2H6/c16-14(15(17)18)13(11-7-3-1-4-8-11)12-9-5-2-6-10-12;1-3-2;1-2/h1-10,13-14H,16H2,(H,17,18);3H2,1-2H3;1-2H3. The third-order valence-corrected chi connectivity index (χ3v) is 2.96. The second-order valence-electron chi connectivity index (χ2n) is 4.87. The zero-order chi connectivity index (χ0) is 17.7. The fourth-order valence-electron chi connectivity index (χ4n) is 2.07. The van der Waals surface area contributed by atoms with Crippen molar-refractivity contribution in [1.29, 1.82) is 0 Å². The molecule has 2 aromatic carbocycles. The second-order valence-corrected chi connectivity index (χ2v) is 4.87. The number of carbonyl (C=O) groups is 1. The van der Waals surface area contributed by atoms with Gasteiger partial charge in [-0.2, -0.15) is 0 Å². The summed E-state index contributed by atoms with van der Waals surface area (Å²) in [7, 11) is 0. The van der Waals surface area contributed by atoms with E-state index in [1.165, 1.54) is 6.42 Å². The highest BCUT2D eigenvalue weighted by Crippen LogP contribution is 2.27. The van der Waals surface area contributed by atoms with Crippen molar-refractivity contribution in [3.05, 3.63) is 71.8 Å². The molecule has 3 heteroatoms. The van der Waals surface area contributed by atoms with Gasteiger partial charge in [-0.05, 0) is 11.1 Å². The van der Waals surface area contributed by atoms with Crippen molar-refractivity contribution in [2.75, 3.05) is 0 Å². The molecule has 0 fully saturated rings. The van der Waals surface area contributed by atoms with Gasteiger partial charge in [-0.1, -0.05) is 94.8 Å². The zero-order valence-corrected chi connectivity index (χ0v) is 14.6. The predicted molar refractivity (Wildman–Crippen MR) is 97.7 cm³/mol. The van der Waals surface area contributed by atoms with Gasteiger partial charge in [0, 0.05) is 5.92 Å². The molecular formula is C20H29NO2. The van der Waals surface area contributed by atoms with Crippen LogP contribution in [0.1, 0.15) is 51.2 Å². The summed E-state index contributed by atoms with van der Waals surface area (Å²) in [6, 6.07) is 18.0. The summed E-state index contributed by atoms with van der Waals surface area (Å²) < 4.78 is 0. The molecule has 1 unspecified atom stereocenters. The summed E-state index contributed by atoms with van der Waals surface area (Å²) in [5.74, 6) is -1.32. The number of carboxylic acids is 1. The molecule has 0 amide bonds. The Morgan fingerprint density at radius 2 is 1.22 bits per heavy atom. The molecule has 2 rings (SSSR count). The van der Waals surface area contributed by atoms with E-state index in [9.17, 15) is 4.79 Å². The molecule has 126 valence electrons. The highest BCUT2D eigenvalue weighted by molar-refractivity contribution is 5.75. The average Bonchev–Trinajstić information content (AvgIpc) is 2.59. The number of hydrogen-bond acceptors (Lipinski definition) is 2. The molecule has 0 aliphatic carbocycles. The predicted octanol–water partition coefficient (Wildman–Crippen LogP) is 4.67. The maximum Gasteiger partial charge on any atom is 0.321 e. The Labute approximate surface area is 140 Å². The van der Waals surface area contributed by atoms with Crippen molar-refractivity contribution < 1.29 is 9.90 Å². The molecule has 1 atom stereocenters. The highest BCUT2D eigenvalue weighted by Gasteiger charge is 2.26. The van der Waals surface area contributed by atoms with E-state index in [0.29, 0.717) is 0 Å². The number of nitrogens with two attached hydrogens (primary N) is 1. The van der Waals surface area contributed by atoms with Crippen LogP contribution in [0.25, 0.3) is 0 Å². The fraction of sp³-hybridized carbons (Fsp3) is 0.350. The maximum atomic E-state index is 11.2. The first kappa shape index (κ1) is 20.9. The summed E-state index contributed by atoms with van der Waals surface area (Å²) in [5.41, 5.74) is 7.66. The van der Waals surface area contributed by atoms with Gasteiger partial charge >= 0.3 is 5.97 Å². The van der Waals surface area contributed by atoms with Crippen LogP contribution in [0.2, 0.25) is 0 Å². The topological polar surface area (TPSA) is 63.3 Å². The first-order valence-electron chi connectivity index (χ1n) is 8.20. The lowest BCUT2D eigenvalue weighted by Gasteiger charge is -2.21. The molecule has 0 aliphatic rings. The van der Waals surface area contributed by atoms with E-state index in [4.69, 9.17) is 10.8 Å². The van der Waals surface area contributed by atoms with Crippen molar-refractivity contribution in [3.8, 4) is 0 Å². The summed E-state index contributed by atoms with van der Waals surface area (Å²) in [5, 5.41) is 9.15. The summed E-state index contributed by atoms with van der Waals surface area (Å²) >= 11 is 0. The van der Waals surface area contributed by atoms with E-state index < -0.39 is 12.0 Å². The molecule has 3 N–H and O–H groups in total. The quantitative estimate of drug-likeness (QED) is 0.861. The minimum absolute atomic E-state index is 0.329. The molecule has 0 spiro atoms. The fourth-order valence-corrected chi connectivity index (χ4v) is 2.07. The van der Waals surface area contributed by atoms with Crippen LogP contribution in [0.3, 0.4) is 0 Å². The number of rotatable bonds is 4. The van der Waals surface area contributed by atoms with Gasteiger partial charge in [-0.15, -0.1) is 0 Å². The van der Waals surface area contributed by atoms with Gasteiger partial charge in [0.2, 0.25) is 0 Å². The van der Waals surface area contributed by atoms with Crippen molar-refractivity contribution in [3.63, 3.8) is 0 Å². The van der Waals surface area contributed by atoms with Crippen LogP contribution in [0.5, 0.6) is 0 Å². The van der Waals surface area contributed by atoms with Crippen LogP contribution >= 0.6 is 0 Å². The van der Waals surface area contributed by atoms with E-state index in [-0.39, 0.29) is 5.92 Å². The average molecular weight is 315 g/mol. The van der Waals surface area contributed by atoms with Gasteiger partial charge in [-0.3, -0.25) is 4.79 Å². The smallest absolute Gasteiger partial charge is 0.321 e. The summed E-state index contributed by atoms with van der Waals surface area (Å²) in [6.07, 6.45) is 1.25. The Balaban J connectivity index is 0.000000868. The zero-order valence-electron chi connectivity index (χ0n) is 14.6. The molecular weight excluding hydrogens is 286 g/mol. The molecule has 0 heterocycles. The molecule has 0 saturated heterocycles. The number of aliphatic carboxylic acids is 1. The van der Waals surface area contributed by atoms with Crippen LogP contribution in [-0.4, -0.2) is 17.1 Å². The number of hydrogen-bond donors (Lipinski definition) is 2. The van der Waals surface area contributed by atoms with E-state index in [1.54, 1.807) is 0 Å². The maximum absolute atomic E-state index is 11.2.